The van der Waals surface area contributed by atoms with E-state index >= 15 is 0 Å². The van der Waals surface area contributed by atoms with Gasteiger partial charge in [-0.25, -0.2) is 0 Å². The lowest BCUT2D eigenvalue weighted by atomic mass is 9.85. The quantitative estimate of drug-likeness (QED) is 0.689. The summed E-state index contributed by atoms with van der Waals surface area (Å²) in [4.78, 5) is 2.18. The minimum Gasteiger partial charge on any atom is -0.389 e. The Labute approximate surface area is 123 Å². The third-order valence-corrected chi connectivity index (χ3v) is 3.67. The van der Waals surface area contributed by atoms with Gasteiger partial charge in [0.05, 0.1) is 19.3 Å². The smallest absolute Gasteiger partial charge is 0.0899 e. The van der Waals surface area contributed by atoms with Gasteiger partial charge in [-0.3, -0.25) is 0 Å². The number of ether oxygens (including phenoxy) is 2. The van der Waals surface area contributed by atoms with E-state index in [1.54, 1.807) is 7.11 Å². The lowest BCUT2D eigenvalue weighted by molar-refractivity contribution is 0.0304. The van der Waals surface area contributed by atoms with Crippen LogP contribution in [-0.4, -0.2) is 75.3 Å². The van der Waals surface area contributed by atoms with Crippen LogP contribution in [0.4, 0.5) is 0 Å². The molecule has 5 heteroatoms. The first-order valence-electron chi connectivity index (χ1n) is 7.45. The molecular weight excluding hydrogens is 256 g/mol. The Hall–Kier alpha value is -0.200. The molecule has 120 valence electrons. The zero-order chi connectivity index (χ0) is 15.2. The monoisotopic (exact) mass is 288 g/mol. The van der Waals surface area contributed by atoms with Crippen molar-refractivity contribution < 1.29 is 14.6 Å². The van der Waals surface area contributed by atoms with Crippen LogP contribution in [0.3, 0.4) is 0 Å². The summed E-state index contributed by atoms with van der Waals surface area (Å²) in [5.74, 6) is 0. The summed E-state index contributed by atoms with van der Waals surface area (Å²) >= 11 is 0. The molecule has 0 aliphatic carbocycles. The highest BCUT2D eigenvalue weighted by Crippen LogP contribution is 2.29. The van der Waals surface area contributed by atoms with Crippen LogP contribution >= 0.6 is 0 Å². The van der Waals surface area contributed by atoms with Crippen molar-refractivity contribution in [3.63, 3.8) is 0 Å². The van der Waals surface area contributed by atoms with Gasteiger partial charge in [0.25, 0.3) is 0 Å². The molecule has 5 nitrogen and oxygen atoms in total. The summed E-state index contributed by atoms with van der Waals surface area (Å²) in [7, 11) is 3.67. The highest BCUT2D eigenvalue weighted by Gasteiger charge is 2.36. The Morgan fingerprint density at radius 3 is 2.65 bits per heavy atom. The Kier molecular flexibility index (Phi) is 6.88. The van der Waals surface area contributed by atoms with Gasteiger partial charge in [-0.2, -0.15) is 0 Å². The number of aliphatic hydroxyl groups excluding tert-OH is 1. The number of methoxy groups -OCH3 is 1. The number of hydrogen-bond acceptors (Lipinski definition) is 5. The molecule has 1 fully saturated rings. The average Bonchev–Trinajstić information content (AvgIpc) is 2.74. The zero-order valence-corrected chi connectivity index (χ0v) is 13.7. The second kappa shape index (κ2) is 7.71. The van der Waals surface area contributed by atoms with Gasteiger partial charge in [0.15, 0.2) is 0 Å². The first-order valence-corrected chi connectivity index (χ1v) is 7.45. The Morgan fingerprint density at radius 1 is 1.45 bits per heavy atom. The molecule has 0 aromatic heterocycles. The molecule has 2 unspecified atom stereocenters. The van der Waals surface area contributed by atoms with Gasteiger partial charge in [-0.05, 0) is 34.2 Å². The summed E-state index contributed by atoms with van der Waals surface area (Å²) in [6, 6.07) is 0. The van der Waals surface area contributed by atoms with Crippen LogP contribution in [0.2, 0.25) is 0 Å². The molecule has 1 rings (SSSR count). The predicted molar refractivity (Wildman–Crippen MR) is 81.0 cm³/mol. The maximum absolute atomic E-state index is 9.82. The number of likely N-dealkylation sites (N-methyl/N-ethyl adjacent to an activating group) is 1. The SMILES string of the molecule is COCC(O)CN(C)CC1(CNC(C)(C)C)CCOC1. The molecule has 1 aliphatic rings. The minimum atomic E-state index is -0.431. The van der Waals surface area contributed by atoms with E-state index < -0.39 is 6.10 Å². The largest absolute Gasteiger partial charge is 0.389 e. The number of nitrogens with one attached hydrogen (secondary N) is 1. The van der Waals surface area contributed by atoms with Crippen LogP contribution in [0.15, 0.2) is 0 Å². The van der Waals surface area contributed by atoms with Gasteiger partial charge < -0.3 is 24.8 Å². The summed E-state index contributed by atoms with van der Waals surface area (Å²) in [6.07, 6.45) is 0.640. The minimum absolute atomic E-state index is 0.115. The van der Waals surface area contributed by atoms with E-state index in [2.05, 4.69) is 38.0 Å². The molecule has 1 heterocycles. The fraction of sp³-hybridized carbons (Fsp3) is 1.00. The molecule has 0 spiro atoms. The first kappa shape index (κ1) is 17.9. The molecule has 2 atom stereocenters. The van der Waals surface area contributed by atoms with Gasteiger partial charge in [0.1, 0.15) is 0 Å². The lowest BCUT2D eigenvalue weighted by Gasteiger charge is -2.36. The fourth-order valence-corrected chi connectivity index (χ4v) is 2.66. The van der Waals surface area contributed by atoms with E-state index in [0.717, 1.165) is 32.7 Å². The summed E-state index contributed by atoms with van der Waals surface area (Å²) in [5, 5.41) is 13.4. The number of nitrogens with zero attached hydrogens (tertiary/aromatic N) is 1. The van der Waals surface area contributed by atoms with Gasteiger partial charge in [0, 0.05) is 44.3 Å². The van der Waals surface area contributed by atoms with Crippen molar-refractivity contribution in [2.75, 3.05) is 53.6 Å². The molecule has 20 heavy (non-hydrogen) atoms. The molecule has 0 aromatic carbocycles. The number of rotatable bonds is 8. The van der Waals surface area contributed by atoms with E-state index in [9.17, 15) is 5.11 Å². The van der Waals surface area contributed by atoms with Crippen molar-refractivity contribution in [3.8, 4) is 0 Å². The van der Waals surface area contributed by atoms with Crippen LogP contribution in [0.1, 0.15) is 27.2 Å². The fourth-order valence-electron chi connectivity index (χ4n) is 2.66. The highest BCUT2D eigenvalue weighted by molar-refractivity contribution is 4.90. The normalized spacial score (nSPS) is 25.4. The molecule has 0 saturated carbocycles. The third kappa shape index (κ3) is 6.50. The number of aliphatic hydroxyl groups is 1. The molecule has 0 radical (unpaired) electrons. The lowest BCUT2D eigenvalue weighted by Crippen LogP contribution is -2.49. The zero-order valence-electron chi connectivity index (χ0n) is 13.7. The van der Waals surface area contributed by atoms with E-state index in [1.807, 2.05) is 0 Å². The van der Waals surface area contributed by atoms with Crippen molar-refractivity contribution in [3.05, 3.63) is 0 Å². The van der Waals surface area contributed by atoms with Crippen molar-refractivity contribution in [1.82, 2.24) is 10.2 Å². The average molecular weight is 288 g/mol. The first-order chi connectivity index (χ1) is 9.26. The topological polar surface area (TPSA) is 54.0 Å². The highest BCUT2D eigenvalue weighted by atomic mass is 16.5. The molecule has 0 aromatic rings. The summed E-state index contributed by atoms with van der Waals surface area (Å²) in [6.45, 7) is 11.1. The van der Waals surface area contributed by atoms with Crippen molar-refractivity contribution in [2.24, 2.45) is 5.41 Å². The predicted octanol–water partition coefficient (Wildman–Crippen LogP) is 0.720. The second-order valence-electron chi connectivity index (χ2n) is 7.21. The van der Waals surface area contributed by atoms with Crippen LogP contribution in [0, 0.1) is 5.41 Å². The molecule has 1 saturated heterocycles. The second-order valence-corrected chi connectivity index (χ2v) is 7.21. The third-order valence-electron chi connectivity index (χ3n) is 3.67. The molecule has 1 aliphatic heterocycles. The van der Waals surface area contributed by atoms with Crippen LogP contribution in [-0.2, 0) is 9.47 Å². The van der Waals surface area contributed by atoms with Gasteiger partial charge in [0.2, 0.25) is 0 Å². The van der Waals surface area contributed by atoms with E-state index in [1.165, 1.54) is 0 Å². The molecule has 0 amide bonds. The van der Waals surface area contributed by atoms with Crippen LogP contribution in [0.5, 0.6) is 0 Å². The molecular formula is C15H32N2O3. The van der Waals surface area contributed by atoms with Crippen molar-refractivity contribution in [2.45, 2.75) is 38.8 Å². The molecule has 0 bridgehead atoms. The maximum Gasteiger partial charge on any atom is 0.0899 e. The van der Waals surface area contributed by atoms with Gasteiger partial charge in [-0.15, -0.1) is 0 Å². The van der Waals surface area contributed by atoms with E-state index in [-0.39, 0.29) is 11.0 Å². The summed E-state index contributed by atoms with van der Waals surface area (Å²) in [5.41, 5.74) is 0.262. The van der Waals surface area contributed by atoms with E-state index in [4.69, 9.17) is 9.47 Å². The summed E-state index contributed by atoms with van der Waals surface area (Å²) < 4.78 is 10.6. The van der Waals surface area contributed by atoms with Crippen molar-refractivity contribution >= 4 is 0 Å². The van der Waals surface area contributed by atoms with Crippen LogP contribution in [0.25, 0.3) is 0 Å². The standard InChI is InChI=1S/C15H32N2O3/c1-14(2,3)16-10-15(6-7-20-12-15)11-17(4)8-13(18)9-19-5/h13,16,18H,6-12H2,1-5H3. The van der Waals surface area contributed by atoms with E-state index in [0.29, 0.717) is 13.2 Å². The van der Waals surface area contributed by atoms with Crippen molar-refractivity contribution in [1.29, 1.82) is 0 Å². The maximum atomic E-state index is 9.82. The van der Waals surface area contributed by atoms with Crippen LogP contribution < -0.4 is 5.32 Å². The number of hydrogen-bond donors (Lipinski definition) is 2. The Balaban J connectivity index is 2.49. The van der Waals surface area contributed by atoms with Gasteiger partial charge >= 0.3 is 0 Å². The van der Waals surface area contributed by atoms with Gasteiger partial charge in [-0.1, -0.05) is 0 Å². The molecule has 2 N–H and O–H groups in total. The Bertz CT molecular complexity index is 273. The Morgan fingerprint density at radius 2 is 2.15 bits per heavy atom.